The summed E-state index contributed by atoms with van der Waals surface area (Å²) in [4.78, 5) is 39.3. The van der Waals surface area contributed by atoms with Gasteiger partial charge in [-0.15, -0.1) is 0 Å². The van der Waals surface area contributed by atoms with Crippen LogP contribution in [0.3, 0.4) is 0 Å². The Morgan fingerprint density at radius 3 is 2.50 bits per heavy atom. The predicted octanol–water partition coefficient (Wildman–Crippen LogP) is 8.45. The first-order valence-electron chi connectivity index (χ1n) is 20.2. The Balaban J connectivity index is 1.04. The number of hydrogen-bond acceptors (Lipinski definition) is 7. The van der Waals surface area contributed by atoms with Gasteiger partial charge in [-0.25, -0.2) is 9.37 Å². The molecule has 0 radical (unpaired) electrons. The number of anilines is 1. The summed E-state index contributed by atoms with van der Waals surface area (Å²) < 4.78 is 23.5. The molecule has 2 aromatic carbocycles. The summed E-state index contributed by atoms with van der Waals surface area (Å²) in [6, 6.07) is 13.9. The minimum Gasteiger partial charge on any atom is -0.496 e. The molecule has 4 heterocycles. The second kappa shape index (κ2) is 17.1. The van der Waals surface area contributed by atoms with Crippen molar-refractivity contribution in [3.8, 4) is 16.9 Å². The number of carboxylic acid groups (broad SMARTS) is 1. The number of aliphatic carboxylic acids is 1. The van der Waals surface area contributed by atoms with Gasteiger partial charge in [0, 0.05) is 74.9 Å². The minimum absolute atomic E-state index is 0.211. The number of rotatable bonds is 11. The average Bonchev–Trinajstić information content (AvgIpc) is 3.53. The number of hydrogen-bond donors (Lipinski definition) is 2. The van der Waals surface area contributed by atoms with Gasteiger partial charge in [-0.1, -0.05) is 36.8 Å². The normalized spacial score (nSPS) is 20.8. The standard InChI is InChI=1S/C45H55FN6O4/c1-28-10-6-7-20-52(28)26-34-24-47-39(23-42(34)56-5)37(46)22-33-11-8-12-35(29(33)2)36-13-9-14-38(30(36)3)49-44(53)43-48-40-27-51(21-19-41(40)50(43)4)25-31-15-17-32(18-16-31)45(54)55/h8-9,11-14,22-24,28,31-32H,6-7,10,15-21,25-27H2,1-5H3,(H,49,53)(H,54,55)/b37-22-/t28-,31-,32-/m1/s1. The summed E-state index contributed by atoms with van der Waals surface area (Å²) in [5.41, 5.74) is 8.32. The van der Waals surface area contributed by atoms with Crippen LogP contribution in [0.4, 0.5) is 10.1 Å². The zero-order valence-corrected chi connectivity index (χ0v) is 33.4. The van der Waals surface area contributed by atoms with E-state index in [2.05, 4.69) is 27.0 Å². The summed E-state index contributed by atoms with van der Waals surface area (Å²) in [6.45, 7) is 10.5. The molecule has 0 bridgehead atoms. The van der Waals surface area contributed by atoms with E-state index in [0.717, 1.165) is 103 Å². The number of ether oxygens (including phenoxy) is 1. The molecule has 1 saturated heterocycles. The van der Waals surface area contributed by atoms with E-state index in [1.54, 1.807) is 19.4 Å². The quantitative estimate of drug-likeness (QED) is 0.157. The largest absolute Gasteiger partial charge is 0.496 e. The molecule has 2 aromatic heterocycles. The van der Waals surface area contributed by atoms with Crippen molar-refractivity contribution in [3.05, 3.63) is 93.8 Å². The van der Waals surface area contributed by atoms with E-state index >= 15 is 4.39 Å². The van der Waals surface area contributed by atoms with Crippen LogP contribution in [0.15, 0.2) is 48.7 Å². The molecule has 0 spiro atoms. The molecule has 56 heavy (non-hydrogen) atoms. The molecule has 1 amide bonds. The molecule has 10 nitrogen and oxygen atoms in total. The molecule has 3 aliphatic rings. The van der Waals surface area contributed by atoms with Gasteiger partial charge in [0.2, 0.25) is 0 Å². The van der Waals surface area contributed by atoms with Gasteiger partial charge in [-0.05, 0) is 112 Å². The van der Waals surface area contributed by atoms with Crippen molar-refractivity contribution in [1.82, 2.24) is 24.3 Å². The molecule has 4 aromatic rings. The lowest BCUT2D eigenvalue weighted by Gasteiger charge is -2.33. The molecule has 7 rings (SSSR count). The summed E-state index contributed by atoms with van der Waals surface area (Å²) in [5.74, 6) is -0.0919. The number of aromatic nitrogens is 3. The fraction of sp³-hybridized carbons (Fsp3) is 0.467. The van der Waals surface area contributed by atoms with Crippen molar-refractivity contribution < 1.29 is 23.8 Å². The highest BCUT2D eigenvalue weighted by molar-refractivity contribution is 6.03. The van der Waals surface area contributed by atoms with Crippen LogP contribution < -0.4 is 10.1 Å². The predicted molar refractivity (Wildman–Crippen MR) is 218 cm³/mol. The lowest BCUT2D eigenvalue weighted by atomic mass is 9.81. The third-order valence-corrected chi connectivity index (χ3v) is 12.5. The monoisotopic (exact) mass is 762 g/mol. The van der Waals surface area contributed by atoms with Crippen molar-refractivity contribution in [1.29, 1.82) is 0 Å². The van der Waals surface area contributed by atoms with Crippen molar-refractivity contribution in [2.75, 3.05) is 32.1 Å². The van der Waals surface area contributed by atoms with Crippen molar-refractivity contribution in [3.63, 3.8) is 0 Å². The summed E-state index contributed by atoms with van der Waals surface area (Å²) in [5, 5.41) is 12.5. The minimum atomic E-state index is -0.675. The number of carbonyl (C=O) groups is 2. The first-order valence-corrected chi connectivity index (χ1v) is 20.2. The van der Waals surface area contributed by atoms with E-state index in [4.69, 9.17) is 9.72 Å². The maximum absolute atomic E-state index is 15.9. The van der Waals surface area contributed by atoms with Crippen LogP contribution in [-0.2, 0) is 31.4 Å². The van der Waals surface area contributed by atoms with Gasteiger partial charge in [0.1, 0.15) is 17.3 Å². The summed E-state index contributed by atoms with van der Waals surface area (Å²) in [7, 11) is 3.53. The molecule has 2 N–H and O–H groups in total. The number of amides is 1. The summed E-state index contributed by atoms with van der Waals surface area (Å²) >= 11 is 0. The Morgan fingerprint density at radius 1 is 1.02 bits per heavy atom. The number of nitrogens with zero attached hydrogens (tertiary/aromatic N) is 5. The van der Waals surface area contributed by atoms with Gasteiger partial charge in [0.15, 0.2) is 5.82 Å². The molecule has 1 atom stereocenters. The highest BCUT2D eigenvalue weighted by Crippen LogP contribution is 2.35. The zero-order chi connectivity index (χ0) is 39.5. The van der Waals surface area contributed by atoms with Gasteiger partial charge >= 0.3 is 5.97 Å². The topological polar surface area (TPSA) is 113 Å². The number of carboxylic acids is 1. The van der Waals surface area contributed by atoms with Crippen LogP contribution in [0.2, 0.25) is 0 Å². The first kappa shape index (κ1) is 39.4. The maximum Gasteiger partial charge on any atom is 0.306 e. The molecule has 1 aliphatic carbocycles. The SMILES string of the molecule is COc1cc(/C(F)=C/c2cccc(-c3cccc(NC(=O)c4nc5c(n4C)CCN(C[C@H]4CC[C@H](C(=O)O)CC4)C5)c3C)c2C)ncc1CN1CCCC[C@H]1C. The van der Waals surface area contributed by atoms with Crippen LogP contribution in [0.5, 0.6) is 5.75 Å². The van der Waals surface area contributed by atoms with Crippen LogP contribution >= 0.6 is 0 Å². The fourth-order valence-corrected chi connectivity index (χ4v) is 8.97. The Hall–Kier alpha value is -4.87. The molecule has 0 unspecified atom stereocenters. The number of carbonyl (C=O) groups excluding carboxylic acids is 1. The third-order valence-electron chi connectivity index (χ3n) is 12.5. The van der Waals surface area contributed by atoms with E-state index in [9.17, 15) is 14.7 Å². The van der Waals surface area contributed by atoms with Gasteiger partial charge < -0.3 is 19.7 Å². The molecule has 11 heteroatoms. The third kappa shape index (κ3) is 8.44. The van der Waals surface area contributed by atoms with Gasteiger partial charge in [0.05, 0.1) is 18.7 Å². The Bertz CT molecular complexity index is 2120. The smallest absolute Gasteiger partial charge is 0.306 e. The Labute approximate surface area is 329 Å². The van der Waals surface area contributed by atoms with Crippen LogP contribution in [0.25, 0.3) is 23.0 Å². The van der Waals surface area contributed by atoms with E-state index in [0.29, 0.717) is 35.8 Å². The van der Waals surface area contributed by atoms with Crippen molar-refractivity contribution >= 4 is 29.5 Å². The highest BCUT2D eigenvalue weighted by atomic mass is 19.1. The van der Waals surface area contributed by atoms with Crippen molar-refractivity contribution in [2.24, 2.45) is 18.9 Å². The fourth-order valence-electron chi connectivity index (χ4n) is 8.97. The number of halogens is 1. The van der Waals surface area contributed by atoms with Crippen molar-refractivity contribution in [2.45, 2.75) is 91.3 Å². The number of imidazole rings is 1. The second-order valence-corrected chi connectivity index (χ2v) is 16.1. The van der Waals surface area contributed by atoms with E-state index in [1.807, 2.05) is 61.9 Å². The lowest BCUT2D eigenvalue weighted by Crippen LogP contribution is -2.36. The van der Waals surface area contributed by atoms with Gasteiger partial charge in [-0.3, -0.25) is 24.4 Å². The Kier molecular flexibility index (Phi) is 12.0. The molecule has 296 valence electrons. The number of nitrogens with one attached hydrogen (secondary N) is 1. The number of pyridine rings is 1. The lowest BCUT2D eigenvalue weighted by molar-refractivity contribution is -0.143. The molecular formula is C45H55FN6O4. The van der Waals surface area contributed by atoms with E-state index < -0.39 is 11.8 Å². The average molecular weight is 763 g/mol. The van der Waals surface area contributed by atoms with Crippen LogP contribution in [0.1, 0.15) is 102 Å². The van der Waals surface area contributed by atoms with E-state index in [1.165, 1.54) is 25.3 Å². The zero-order valence-electron chi connectivity index (χ0n) is 33.4. The number of fused-ring (bicyclic) bond motifs is 1. The number of piperidine rings is 1. The molecule has 2 fully saturated rings. The molecular weight excluding hydrogens is 708 g/mol. The van der Waals surface area contributed by atoms with Crippen LogP contribution in [0, 0.1) is 25.7 Å². The highest BCUT2D eigenvalue weighted by Gasteiger charge is 2.30. The molecule has 2 aliphatic heterocycles. The van der Waals surface area contributed by atoms with Gasteiger partial charge in [0.25, 0.3) is 5.91 Å². The number of benzene rings is 2. The summed E-state index contributed by atoms with van der Waals surface area (Å²) in [6.07, 6.45) is 11.1. The maximum atomic E-state index is 15.9. The van der Waals surface area contributed by atoms with E-state index in [-0.39, 0.29) is 17.5 Å². The Morgan fingerprint density at radius 2 is 1.77 bits per heavy atom. The number of methoxy groups -OCH3 is 1. The van der Waals surface area contributed by atoms with Gasteiger partial charge in [-0.2, -0.15) is 0 Å². The first-order chi connectivity index (χ1) is 27.0. The number of likely N-dealkylation sites (tertiary alicyclic amines) is 1. The second-order valence-electron chi connectivity index (χ2n) is 16.1. The molecule has 1 saturated carbocycles. The van der Waals surface area contributed by atoms with Crippen LogP contribution in [-0.4, -0.2) is 74.1 Å².